The molecule has 0 aliphatic heterocycles. The molecule has 0 heterocycles. The van der Waals surface area contributed by atoms with Gasteiger partial charge in [0.2, 0.25) is 11.7 Å². The first-order chi connectivity index (χ1) is 19.3. The molecule has 3 saturated carbocycles. The SMILES string of the molecule is CSCC[C@@H](NC(=O)CCC(=O)OCC(=O)[C@@]1(O)CC[C@H]2[C@@H]3CCC4=CC(=O)CC[C@]4(C)[C@H]3C(=O)C[C@@]21C)C(=O)O. The summed E-state index contributed by atoms with van der Waals surface area (Å²) >= 11 is 1.46. The summed E-state index contributed by atoms with van der Waals surface area (Å²) in [6.07, 6.45) is 6.49. The number of aliphatic carboxylic acids is 1. The predicted molar refractivity (Wildman–Crippen MR) is 150 cm³/mol. The van der Waals surface area contributed by atoms with Gasteiger partial charge >= 0.3 is 11.9 Å². The number of allylic oxidation sites excluding steroid dienone is 1. The van der Waals surface area contributed by atoms with Crippen molar-refractivity contribution in [3.8, 4) is 0 Å². The number of esters is 1. The first-order valence-corrected chi connectivity index (χ1v) is 15.8. The molecule has 10 nitrogen and oxygen atoms in total. The number of nitrogens with one attached hydrogen (secondary N) is 1. The van der Waals surface area contributed by atoms with Gasteiger partial charge in [0.15, 0.2) is 12.4 Å². The summed E-state index contributed by atoms with van der Waals surface area (Å²) in [6.45, 7) is 3.22. The molecule has 4 rings (SSSR count). The lowest BCUT2D eigenvalue weighted by atomic mass is 9.46. The number of carbonyl (C=O) groups is 6. The molecular weight excluding hydrogens is 550 g/mol. The number of carboxylic acid groups (broad SMARTS) is 1. The van der Waals surface area contributed by atoms with Gasteiger partial charge in [-0.1, -0.05) is 19.4 Å². The third-order valence-electron chi connectivity index (χ3n) is 10.4. The zero-order valence-corrected chi connectivity index (χ0v) is 24.8. The zero-order valence-electron chi connectivity index (χ0n) is 24.0. The summed E-state index contributed by atoms with van der Waals surface area (Å²) in [4.78, 5) is 74.9. The molecule has 7 atom stereocenters. The minimum atomic E-state index is -1.82. The maximum Gasteiger partial charge on any atom is 0.326 e. The highest BCUT2D eigenvalue weighted by molar-refractivity contribution is 7.98. The number of fused-ring (bicyclic) bond motifs is 5. The van der Waals surface area contributed by atoms with Gasteiger partial charge < -0.3 is 20.3 Å². The van der Waals surface area contributed by atoms with Crippen LogP contribution in [0.25, 0.3) is 0 Å². The molecule has 1 amide bonds. The van der Waals surface area contributed by atoms with Crippen LogP contribution in [0.2, 0.25) is 0 Å². The van der Waals surface area contributed by atoms with Gasteiger partial charge in [-0.3, -0.25) is 24.0 Å². The van der Waals surface area contributed by atoms with Crippen molar-refractivity contribution >= 4 is 47.0 Å². The number of carboxylic acids is 1. The number of amides is 1. The van der Waals surface area contributed by atoms with Crippen LogP contribution >= 0.6 is 11.8 Å². The Morgan fingerprint density at radius 3 is 2.54 bits per heavy atom. The molecule has 0 aromatic rings. The first-order valence-electron chi connectivity index (χ1n) is 14.5. The maximum atomic E-state index is 13.7. The molecule has 3 fully saturated rings. The molecule has 41 heavy (non-hydrogen) atoms. The van der Waals surface area contributed by atoms with E-state index in [1.165, 1.54) is 11.8 Å². The van der Waals surface area contributed by atoms with Crippen molar-refractivity contribution in [1.82, 2.24) is 5.32 Å². The lowest BCUT2D eigenvalue weighted by Crippen LogP contribution is -2.61. The quantitative estimate of drug-likeness (QED) is 0.304. The molecule has 0 aromatic carbocycles. The largest absolute Gasteiger partial charge is 0.480 e. The summed E-state index contributed by atoms with van der Waals surface area (Å²) in [5, 5.41) is 23.4. The standard InChI is InChI=1S/C30H41NO9S/c1-28-11-8-18(32)14-17(28)4-5-19-20-9-12-30(39,29(20,2)15-22(33)26(19)28)23(34)16-40-25(36)7-6-24(35)31-21(27(37)38)10-13-41-3/h14,19-21,26,39H,4-13,15-16H2,1-3H3,(H,31,35)(H,37,38)/t19-,20-,21+,26+,28-,29-,30-/m0/s1. The maximum absolute atomic E-state index is 13.7. The average molecular weight is 592 g/mol. The van der Waals surface area contributed by atoms with Gasteiger partial charge in [-0.05, 0) is 73.9 Å². The Balaban J connectivity index is 1.36. The number of hydrogen-bond acceptors (Lipinski definition) is 9. The number of Topliss-reactive ketones (excluding diaryl/α,β-unsaturated/α-hetero) is 2. The van der Waals surface area contributed by atoms with Crippen LogP contribution in [0.1, 0.15) is 78.1 Å². The molecule has 3 N–H and O–H groups in total. The normalized spacial score (nSPS) is 34.9. The number of carbonyl (C=O) groups excluding carboxylic acids is 5. The van der Waals surface area contributed by atoms with E-state index in [0.717, 1.165) is 18.4 Å². The molecule has 0 spiro atoms. The highest BCUT2D eigenvalue weighted by Gasteiger charge is 2.68. The molecule has 11 heteroatoms. The number of ketones is 3. The molecule has 0 bridgehead atoms. The van der Waals surface area contributed by atoms with Gasteiger partial charge in [0, 0.05) is 30.6 Å². The van der Waals surface area contributed by atoms with Crippen molar-refractivity contribution < 1.29 is 43.7 Å². The fourth-order valence-electron chi connectivity index (χ4n) is 8.16. The molecule has 226 valence electrons. The Labute approximate surface area is 244 Å². The van der Waals surface area contributed by atoms with Crippen LogP contribution in [-0.2, 0) is 33.5 Å². The lowest BCUT2D eigenvalue weighted by Gasteiger charge is -2.57. The molecular formula is C30H41NO9S. The van der Waals surface area contributed by atoms with Crippen LogP contribution in [0.4, 0.5) is 0 Å². The van der Waals surface area contributed by atoms with Crippen LogP contribution in [-0.4, -0.2) is 75.7 Å². The van der Waals surface area contributed by atoms with Gasteiger partial charge in [0.25, 0.3) is 0 Å². The first kappa shape index (κ1) is 31.4. The highest BCUT2D eigenvalue weighted by atomic mass is 32.2. The van der Waals surface area contributed by atoms with E-state index >= 15 is 0 Å². The molecule has 0 radical (unpaired) electrons. The molecule has 0 unspecified atom stereocenters. The van der Waals surface area contributed by atoms with Crippen LogP contribution in [0.15, 0.2) is 11.6 Å². The van der Waals surface area contributed by atoms with Crippen LogP contribution < -0.4 is 5.32 Å². The third-order valence-corrected chi connectivity index (χ3v) is 11.1. The number of aliphatic hydroxyl groups is 1. The molecule has 4 aliphatic carbocycles. The van der Waals surface area contributed by atoms with E-state index in [1.54, 1.807) is 13.0 Å². The topological polar surface area (TPSA) is 164 Å². The second-order valence-corrected chi connectivity index (χ2v) is 13.6. The summed E-state index contributed by atoms with van der Waals surface area (Å²) in [5.74, 6) is -2.83. The molecule has 0 aromatic heterocycles. The minimum absolute atomic E-state index is 0.00466. The molecule has 0 saturated heterocycles. The second-order valence-electron chi connectivity index (χ2n) is 12.6. The Morgan fingerprint density at radius 2 is 1.85 bits per heavy atom. The number of thioether (sulfide) groups is 1. The van der Waals surface area contributed by atoms with Gasteiger partial charge in [-0.25, -0.2) is 4.79 Å². The summed E-state index contributed by atoms with van der Waals surface area (Å²) < 4.78 is 5.13. The van der Waals surface area contributed by atoms with Gasteiger partial charge in [0.05, 0.1) is 6.42 Å². The average Bonchev–Trinajstić information content (AvgIpc) is 3.19. The summed E-state index contributed by atoms with van der Waals surface area (Å²) in [6, 6.07) is -1.05. The second kappa shape index (κ2) is 12.0. The molecule has 4 aliphatic rings. The smallest absolute Gasteiger partial charge is 0.326 e. The van der Waals surface area contributed by atoms with Crippen molar-refractivity contribution in [3.63, 3.8) is 0 Å². The Bertz CT molecular complexity index is 1170. The van der Waals surface area contributed by atoms with Crippen LogP contribution in [0.5, 0.6) is 0 Å². The Hall–Kier alpha value is -2.53. The van der Waals surface area contributed by atoms with Gasteiger partial charge in [0.1, 0.15) is 17.4 Å². The van der Waals surface area contributed by atoms with E-state index in [4.69, 9.17) is 4.74 Å². The van der Waals surface area contributed by atoms with Gasteiger partial charge in [-0.2, -0.15) is 11.8 Å². The lowest BCUT2D eigenvalue weighted by molar-refractivity contribution is -0.173. The summed E-state index contributed by atoms with van der Waals surface area (Å²) in [7, 11) is 0. The van der Waals surface area contributed by atoms with E-state index in [0.29, 0.717) is 25.0 Å². The predicted octanol–water partition coefficient (Wildman–Crippen LogP) is 2.64. The minimum Gasteiger partial charge on any atom is -0.480 e. The fourth-order valence-corrected chi connectivity index (χ4v) is 8.63. The highest BCUT2D eigenvalue weighted by Crippen LogP contribution is 2.66. The Morgan fingerprint density at radius 1 is 1.12 bits per heavy atom. The number of ether oxygens (including phenoxy) is 1. The zero-order chi connectivity index (χ0) is 30.2. The number of rotatable bonds is 11. The van der Waals surface area contributed by atoms with Gasteiger partial charge in [-0.15, -0.1) is 0 Å². The van der Waals surface area contributed by atoms with Crippen molar-refractivity contribution in [2.24, 2.45) is 28.6 Å². The fraction of sp³-hybridized carbons (Fsp3) is 0.733. The van der Waals surface area contributed by atoms with E-state index in [1.807, 2.05) is 6.26 Å². The van der Waals surface area contributed by atoms with E-state index < -0.39 is 47.3 Å². The van der Waals surface area contributed by atoms with Crippen LogP contribution in [0.3, 0.4) is 0 Å². The number of hydrogen-bond donors (Lipinski definition) is 3. The van der Waals surface area contributed by atoms with Crippen molar-refractivity contribution in [2.75, 3.05) is 18.6 Å². The third kappa shape index (κ3) is 5.76. The van der Waals surface area contributed by atoms with Crippen LogP contribution in [0, 0.1) is 28.6 Å². The van der Waals surface area contributed by atoms with Crippen molar-refractivity contribution in [3.05, 3.63) is 11.6 Å². The van der Waals surface area contributed by atoms with Crippen molar-refractivity contribution in [2.45, 2.75) is 89.7 Å². The van der Waals surface area contributed by atoms with Crippen molar-refractivity contribution in [1.29, 1.82) is 0 Å². The van der Waals surface area contributed by atoms with E-state index in [-0.39, 0.29) is 66.8 Å². The van der Waals surface area contributed by atoms with E-state index in [2.05, 4.69) is 12.2 Å². The Kier molecular flexibility index (Phi) is 9.18. The summed E-state index contributed by atoms with van der Waals surface area (Å²) in [5.41, 5.74) is -2.13. The monoisotopic (exact) mass is 591 g/mol. The van der Waals surface area contributed by atoms with E-state index in [9.17, 15) is 39.0 Å².